The fourth-order valence-corrected chi connectivity index (χ4v) is 2.86. The first-order chi connectivity index (χ1) is 11.3. The summed E-state index contributed by atoms with van der Waals surface area (Å²) in [6, 6.07) is 11.9. The van der Waals surface area contributed by atoms with E-state index in [2.05, 4.69) is 20.1 Å². The maximum atomic E-state index is 11.5. The number of hydrogen-bond donors (Lipinski definition) is 4. The average molecular weight is 369 g/mol. The van der Waals surface area contributed by atoms with Crippen molar-refractivity contribution in [2.75, 3.05) is 33.4 Å². The molecular weight excluding hydrogens is 352 g/mol. The third-order valence-electron chi connectivity index (χ3n) is 2.97. The van der Waals surface area contributed by atoms with Crippen molar-refractivity contribution in [3.05, 3.63) is 42.5 Å². The maximum absolute atomic E-state index is 11.5. The lowest BCUT2D eigenvalue weighted by Gasteiger charge is -2.16. The molecule has 0 saturated carbocycles. The highest BCUT2D eigenvalue weighted by atomic mass is 32.2. The normalized spacial score (nSPS) is 12.3. The molecule has 10 heteroatoms. The molecule has 0 aromatic heterocycles. The summed E-state index contributed by atoms with van der Waals surface area (Å²) < 4.78 is 49.1. The van der Waals surface area contributed by atoms with Gasteiger partial charge in [-0.2, -0.15) is 0 Å². The minimum Gasteiger partial charge on any atom is -0.755 e. The fraction of sp³-hybridized carbons (Fsp3) is 0.143. The Hall–Kier alpha value is -2.30. The zero-order valence-corrected chi connectivity index (χ0v) is 14.6. The van der Waals surface area contributed by atoms with Gasteiger partial charge in [-0.1, -0.05) is 0 Å². The SMILES string of the molecule is CNc1ccc(Nc2ccc(NS(=O)[O-])cc2NS(C)(=O)=O)cc1. The van der Waals surface area contributed by atoms with Gasteiger partial charge in [0.15, 0.2) is 0 Å². The van der Waals surface area contributed by atoms with Gasteiger partial charge in [0, 0.05) is 35.4 Å². The Bertz CT molecular complexity index is 838. The van der Waals surface area contributed by atoms with E-state index in [4.69, 9.17) is 0 Å². The second kappa shape index (κ2) is 7.51. The van der Waals surface area contributed by atoms with Gasteiger partial charge in [-0.05, 0) is 42.5 Å². The summed E-state index contributed by atoms with van der Waals surface area (Å²) >= 11 is -2.50. The van der Waals surface area contributed by atoms with Crippen LogP contribution in [0.5, 0.6) is 0 Å². The maximum Gasteiger partial charge on any atom is 0.229 e. The summed E-state index contributed by atoms with van der Waals surface area (Å²) in [6.45, 7) is 0. The smallest absolute Gasteiger partial charge is 0.229 e. The van der Waals surface area contributed by atoms with Gasteiger partial charge < -0.3 is 19.9 Å². The van der Waals surface area contributed by atoms with Gasteiger partial charge in [-0.15, -0.1) is 0 Å². The predicted octanol–water partition coefficient (Wildman–Crippen LogP) is 2.05. The van der Waals surface area contributed by atoms with Crippen LogP contribution in [0, 0.1) is 0 Å². The molecule has 130 valence electrons. The first-order valence-electron chi connectivity index (χ1n) is 6.79. The van der Waals surface area contributed by atoms with Crippen molar-refractivity contribution < 1.29 is 17.2 Å². The van der Waals surface area contributed by atoms with Crippen LogP contribution in [0.1, 0.15) is 0 Å². The second-order valence-electron chi connectivity index (χ2n) is 4.92. The molecular formula is C14H17N4O4S2-. The van der Waals surface area contributed by atoms with E-state index in [1.807, 2.05) is 31.3 Å². The lowest BCUT2D eigenvalue weighted by Crippen LogP contribution is -2.12. The lowest BCUT2D eigenvalue weighted by molar-refractivity contribution is 0.542. The van der Waals surface area contributed by atoms with E-state index in [1.165, 1.54) is 12.1 Å². The number of hydrogen-bond acceptors (Lipinski definition) is 6. The topological polar surface area (TPSA) is 122 Å². The highest BCUT2D eigenvalue weighted by molar-refractivity contribution is 7.92. The van der Waals surface area contributed by atoms with Gasteiger partial charge in [-0.25, -0.2) is 8.42 Å². The van der Waals surface area contributed by atoms with Crippen molar-refractivity contribution in [2.24, 2.45) is 0 Å². The summed E-state index contributed by atoms with van der Waals surface area (Å²) in [5.41, 5.74) is 2.64. The number of sulfonamides is 1. The molecule has 0 aliphatic rings. The van der Waals surface area contributed by atoms with Gasteiger partial charge in [0.1, 0.15) is 0 Å². The molecule has 24 heavy (non-hydrogen) atoms. The van der Waals surface area contributed by atoms with Crippen LogP contribution in [0.25, 0.3) is 0 Å². The Kier molecular flexibility index (Phi) is 5.65. The quantitative estimate of drug-likeness (QED) is 0.554. The first kappa shape index (κ1) is 18.0. The molecule has 0 saturated heterocycles. The van der Waals surface area contributed by atoms with E-state index in [0.29, 0.717) is 5.69 Å². The van der Waals surface area contributed by atoms with Crippen LogP contribution in [0.4, 0.5) is 28.4 Å². The van der Waals surface area contributed by atoms with Gasteiger partial charge in [-0.3, -0.25) is 8.93 Å². The van der Waals surface area contributed by atoms with Crippen LogP contribution in [0.15, 0.2) is 42.5 Å². The third-order valence-corrected chi connectivity index (χ3v) is 3.96. The number of benzene rings is 2. The highest BCUT2D eigenvalue weighted by Crippen LogP contribution is 2.30. The molecule has 0 aliphatic heterocycles. The molecule has 0 heterocycles. The van der Waals surface area contributed by atoms with E-state index < -0.39 is 21.3 Å². The monoisotopic (exact) mass is 369 g/mol. The molecule has 8 nitrogen and oxygen atoms in total. The van der Waals surface area contributed by atoms with Crippen LogP contribution in [0.3, 0.4) is 0 Å². The second-order valence-corrected chi connectivity index (χ2v) is 7.35. The fourth-order valence-electron chi connectivity index (χ4n) is 1.97. The van der Waals surface area contributed by atoms with E-state index in [9.17, 15) is 17.2 Å². The summed E-state index contributed by atoms with van der Waals surface area (Å²) in [6.07, 6.45) is 1.02. The van der Waals surface area contributed by atoms with Gasteiger partial charge in [0.2, 0.25) is 10.0 Å². The standard InChI is InChI=1S/C14H18N4O4S2/c1-15-10-3-5-11(6-4-10)16-13-8-7-12(17-23(19)20)9-14(13)18-24(2,21)22/h3-9,15-18H,1-2H3,(H,19,20)/p-1. The summed E-state index contributed by atoms with van der Waals surface area (Å²) in [5.74, 6) is 0. The van der Waals surface area contributed by atoms with Crippen molar-refractivity contribution in [1.82, 2.24) is 0 Å². The van der Waals surface area contributed by atoms with E-state index >= 15 is 0 Å². The zero-order valence-electron chi connectivity index (χ0n) is 13.0. The predicted molar refractivity (Wildman–Crippen MR) is 96.7 cm³/mol. The minimum atomic E-state index is -3.53. The van der Waals surface area contributed by atoms with Crippen molar-refractivity contribution in [3.8, 4) is 0 Å². The molecule has 0 radical (unpaired) electrons. The number of rotatable bonds is 7. The largest absolute Gasteiger partial charge is 0.755 e. The van der Waals surface area contributed by atoms with Gasteiger partial charge in [0.05, 0.1) is 17.6 Å². The summed E-state index contributed by atoms with van der Waals surface area (Å²) in [5, 5.41) is 6.09. The summed E-state index contributed by atoms with van der Waals surface area (Å²) in [7, 11) is -1.72. The van der Waals surface area contributed by atoms with Crippen LogP contribution in [-0.2, 0) is 21.3 Å². The molecule has 2 rings (SSSR count). The Balaban J connectivity index is 2.33. The minimum absolute atomic E-state index is 0.227. The molecule has 0 bridgehead atoms. The molecule has 2 aromatic rings. The van der Waals surface area contributed by atoms with Crippen molar-refractivity contribution in [3.63, 3.8) is 0 Å². The van der Waals surface area contributed by atoms with E-state index in [1.54, 1.807) is 6.07 Å². The Morgan fingerprint density at radius 2 is 1.54 bits per heavy atom. The number of nitrogens with one attached hydrogen (secondary N) is 4. The lowest BCUT2D eigenvalue weighted by atomic mass is 10.2. The molecule has 1 atom stereocenters. The van der Waals surface area contributed by atoms with Gasteiger partial charge >= 0.3 is 0 Å². The molecule has 2 aromatic carbocycles. The molecule has 1 unspecified atom stereocenters. The van der Waals surface area contributed by atoms with Crippen molar-refractivity contribution >= 4 is 49.7 Å². The molecule has 0 amide bonds. The molecule has 0 aliphatic carbocycles. The molecule has 4 N–H and O–H groups in total. The van der Waals surface area contributed by atoms with E-state index in [0.717, 1.165) is 17.6 Å². The Morgan fingerprint density at radius 1 is 0.958 bits per heavy atom. The average Bonchev–Trinajstić information content (AvgIpc) is 2.48. The van der Waals surface area contributed by atoms with Gasteiger partial charge in [0.25, 0.3) is 0 Å². The molecule has 0 spiro atoms. The van der Waals surface area contributed by atoms with Crippen molar-refractivity contribution in [1.29, 1.82) is 0 Å². The van der Waals surface area contributed by atoms with E-state index in [-0.39, 0.29) is 11.4 Å². The Labute approximate surface area is 143 Å². The van der Waals surface area contributed by atoms with Crippen molar-refractivity contribution in [2.45, 2.75) is 0 Å². The zero-order chi connectivity index (χ0) is 17.7. The van der Waals surface area contributed by atoms with Crippen LogP contribution in [0.2, 0.25) is 0 Å². The highest BCUT2D eigenvalue weighted by Gasteiger charge is 2.09. The first-order valence-corrected chi connectivity index (χ1v) is 9.76. The Morgan fingerprint density at radius 3 is 2.08 bits per heavy atom. The summed E-state index contributed by atoms with van der Waals surface area (Å²) in [4.78, 5) is 0. The third kappa shape index (κ3) is 5.41. The number of anilines is 5. The molecule has 0 fully saturated rings. The van der Waals surface area contributed by atoms with Crippen LogP contribution >= 0.6 is 0 Å². The van der Waals surface area contributed by atoms with Crippen LogP contribution in [-0.4, -0.2) is 30.5 Å². The van der Waals surface area contributed by atoms with Crippen LogP contribution < -0.4 is 20.1 Å².